The Kier molecular flexibility index (Phi) is 6.49. The van der Waals surface area contributed by atoms with Crippen LogP contribution in [0, 0.1) is 0 Å². The number of ether oxygens (including phenoxy) is 2. The van der Waals surface area contributed by atoms with E-state index in [0.29, 0.717) is 0 Å². The van der Waals surface area contributed by atoms with E-state index in [2.05, 4.69) is 14.8 Å². The molecule has 0 atom stereocenters. The highest BCUT2D eigenvalue weighted by Gasteiger charge is 2.27. The molecule has 8 nitrogen and oxygen atoms in total. The van der Waals surface area contributed by atoms with Crippen LogP contribution in [0.5, 0.6) is 0 Å². The summed E-state index contributed by atoms with van der Waals surface area (Å²) >= 11 is 0.735. The third-order valence-electron chi connectivity index (χ3n) is 2.02. The number of carbonyl (C=O) groups is 2. The van der Waals surface area contributed by atoms with Crippen molar-refractivity contribution in [2.75, 3.05) is 6.61 Å². The Labute approximate surface area is 138 Å². The van der Waals surface area contributed by atoms with Gasteiger partial charge in [-0.2, -0.15) is 18.3 Å². The van der Waals surface area contributed by atoms with Gasteiger partial charge in [0.1, 0.15) is 30.4 Å². The van der Waals surface area contributed by atoms with Gasteiger partial charge >= 0.3 is 18.2 Å². The zero-order valence-corrected chi connectivity index (χ0v) is 13.9. The fourth-order valence-electron chi connectivity index (χ4n) is 1.34. The van der Waals surface area contributed by atoms with E-state index < -0.39 is 43.6 Å². The molecule has 0 aliphatic rings. The van der Waals surface area contributed by atoms with Gasteiger partial charge < -0.3 is 14.6 Å². The van der Waals surface area contributed by atoms with Crippen molar-refractivity contribution in [1.82, 2.24) is 9.78 Å². The van der Waals surface area contributed by atoms with Crippen LogP contribution < -0.4 is 4.80 Å². The van der Waals surface area contributed by atoms with Crippen LogP contribution in [0.1, 0.15) is 25.8 Å². The number of nitrogens with zero attached hydrogens (tertiary/aromatic N) is 3. The SMILES string of the molecule is CC(C)(C)OC(=O)/N=c1/sc(COCC(F)(F)F)nn1CC(=O)O. The second kappa shape index (κ2) is 7.75. The van der Waals surface area contributed by atoms with Crippen molar-refractivity contribution in [3.8, 4) is 0 Å². The smallest absolute Gasteiger partial charge is 0.436 e. The van der Waals surface area contributed by atoms with E-state index >= 15 is 0 Å². The van der Waals surface area contributed by atoms with Gasteiger partial charge in [-0.3, -0.25) is 4.79 Å². The van der Waals surface area contributed by atoms with Gasteiger partial charge in [0, 0.05) is 0 Å². The van der Waals surface area contributed by atoms with Crippen molar-refractivity contribution in [3.63, 3.8) is 0 Å². The molecule has 0 aliphatic carbocycles. The van der Waals surface area contributed by atoms with Gasteiger partial charge in [0.25, 0.3) is 0 Å². The Balaban J connectivity index is 2.96. The lowest BCUT2D eigenvalue weighted by Gasteiger charge is -2.16. The molecule has 12 heteroatoms. The fraction of sp³-hybridized carbons (Fsp3) is 0.667. The molecule has 0 bridgehead atoms. The molecule has 24 heavy (non-hydrogen) atoms. The molecule has 0 radical (unpaired) electrons. The van der Waals surface area contributed by atoms with Crippen molar-refractivity contribution >= 4 is 23.4 Å². The summed E-state index contributed by atoms with van der Waals surface area (Å²) in [6.45, 7) is 2.29. The number of rotatable bonds is 5. The lowest BCUT2D eigenvalue weighted by atomic mass is 10.2. The average molecular weight is 371 g/mol. The van der Waals surface area contributed by atoms with Gasteiger partial charge in [0.2, 0.25) is 4.80 Å². The van der Waals surface area contributed by atoms with Gasteiger partial charge in [-0.05, 0) is 20.8 Å². The van der Waals surface area contributed by atoms with E-state index in [1.165, 1.54) is 0 Å². The maximum atomic E-state index is 12.0. The van der Waals surface area contributed by atoms with Gasteiger partial charge in [-0.25, -0.2) is 9.48 Å². The number of aliphatic carboxylic acids is 1. The van der Waals surface area contributed by atoms with Crippen LogP contribution in [0.25, 0.3) is 0 Å². The second-order valence-corrected chi connectivity index (χ2v) is 6.57. The van der Waals surface area contributed by atoms with Crippen LogP contribution in [0.4, 0.5) is 18.0 Å². The van der Waals surface area contributed by atoms with Crippen LogP contribution in [0.15, 0.2) is 4.99 Å². The quantitative estimate of drug-likeness (QED) is 0.849. The Hall–Kier alpha value is -1.95. The lowest BCUT2D eigenvalue weighted by Crippen LogP contribution is -2.26. The first-order chi connectivity index (χ1) is 10.9. The van der Waals surface area contributed by atoms with Gasteiger partial charge in [0.05, 0.1) is 0 Å². The number of amides is 1. The molecular formula is C12H16F3N3O5S. The summed E-state index contributed by atoms with van der Waals surface area (Å²) in [5.74, 6) is -1.26. The average Bonchev–Trinajstić information content (AvgIpc) is 2.66. The maximum absolute atomic E-state index is 12.0. The van der Waals surface area contributed by atoms with Crippen LogP contribution in [-0.4, -0.2) is 45.3 Å². The number of alkyl halides is 3. The number of carboxylic acids is 1. The minimum Gasteiger partial charge on any atom is -0.480 e. The molecule has 1 N–H and O–H groups in total. The Morgan fingerprint density at radius 2 is 1.96 bits per heavy atom. The summed E-state index contributed by atoms with van der Waals surface area (Å²) < 4.78 is 46.4. The van der Waals surface area contributed by atoms with Crippen molar-refractivity contribution in [1.29, 1.82) is 0 Å². The molecule has 0 saturated carbocycles. The lowest BCUT2D eigenvalue weighted by molar-refractivity contribution is -0.176. The highest BCUT2D eigenvalue weighted by atomic mass is 32.1. The molecule has 1 heterocycles. The highest BCUT2D eigenvalue weighted by Crippen LogP contribution is 2.15. The summed E-state index contributed by atoms with van der Waals surface area (Å²) in [5.41, 5.74) is -0.804. The number of aromatic nitrogens is 2. The van der Waals surface area contributed by atoms with E-state index in [0.717, 1.165) is 16.0 Å². The zero-order valence-electron chi connectivity index (χ0n) is 13.1. The largest absolute Gasteiger partial charge is 0.480 e. The predicted octanol–water partition coefficient (Wildman–Crippen LogP) is 1.94. The van der Waals surface area contributed by atoms with Crippen LogP contribution in [0.3, 0.4) is 0 Å². The zero-order chi connectivity index (χ0) is 18.5. The molecule has 0 aliphatic heterocycles. The van der Waals surface area contributed by atoms with Crippen LogP contribution in [0.2, 0.25) is 0 Å². The van der Waals surface area contributed by atoms with Crippen molar-refractivity contribution in [2.24, 2.45) is 4.99 Å². The summed E-state index contributed by atoms with van der Waals surface area (Å²) in [5, 5.41) is 12.6. The summed E-state index contributed by atoms with van der Waals surface area (Å²) in [6.07, 6.45) is -5.45. The molecule has 0 saturated heterocycles. The second-order valence-electron chi connectivity index (χ2n) is 5.53. The third-order valence-corrected chi connectivity index (χ3v) is 2.94. The summed E-state index contributed by atoms with van der Waals surface area (Å²) in [4.78, 5) is 25.9. The minimum atomic E-state index is -4.49. The van der Waals surface area contributed by atoms with E-state index in [-0.39, 0.29) is 9.81 Å². The first-order valence-corrected chi connectivity index (χ1v) is 7.38. The molecule has 1 aromatic heterocycles. The maximum Gasteiger partial charge on any atom is 0.436 e. The standard InChI is InChI=1S/C12H16F3N3O5S/c1-11(2,3)23-10(21)16-9-18(4-8(19)20)17-7(24-9)5-22-6-12(13,14)15/h4-6H2,1-3H3,(H,19,20)/b16-9+. The van der Waals surface area contributed by atoms with Gasteiger partial charge in [-0.15, -0.1) is 4.99 Å². The molecule has 0 aromatic carbocycles. The third kappa shape index (κ3) is 8.06. The Morgan fingerprint density at radius 1 is 1.33 bits per heavy atom. The Morgan fingerprint density at radius 3 is 2.46 bits per heavy atom. The summed E-state index contributed by atoms with van der Waals surface area (Å²) in [6, 6.07) is 0. The van der Waals surface area contributed by atoms with Crippen LogP contribution >= 0.6 is 11.3 Å². The van der Waals surface area contributed by atoms with E-state index in [4.69, 9.17) is 9.84 Å². The predicted molar refractivity (Wildman–Crippen MR) is 75.2 cm³/mol. The number of hydrogen-bond acceptors (Lipinski definition) is 6. The van der Waals surface area contributed by atoms with Crippen molar-refractivity contribution in [3.05, 3.63) is 9.81 Å². The van der Waals surface area contributed by atoms with E-state index in [1.54, 1.807) is 20.8 Å². The monoisotopic (exact) mass is 371 g/mol. The van der Waals surface area contributed by atoms with Crippen LogP contribution in [-0.2, 0) is 27.4 Å². The molecule has 1 rings (SSSR count). The van der Waals surface area contributed by atoms with E-state index in [9.17, 15) is 22.8 Å². The number of halogens is 3. The molecule has 136 valence electrons. The molecule has 1 amide bonds. The number of hydrogen-bond donors (Lipinski definition) is 1. The van der Waals surface area contributed by atoms with Crippen molar-refractivity contribution in [2.45, 2.75) is 45.7 Å². The van der Waals surface area contributed by atoms with Crippen molar-refractivity contribution < 1.29 is 37.3 Å². The Bertz CT molecular complexity index is 660. The van der Waals surface area contributed by atoms with Gasteiger partial charge in [0.15, 0.2) is 0 Å². The summed E-state index contributed by atoms with van der Waals surface area (Å²) in [7, 11) is 0. The van der Waals surface area contributed by atoms with E-state index in [1.807, 2.05) is 0 Å². The number of carboxylic acid groups (broad SMARTS) is 1. The first kappa shape index (κ1) is 20.1. The fourth-order valence-corrected chi connectivity index (χ4v) is 2.17. The molecule has 0 unspecified atom stereocenters. The normalized spacial score (nSPS) is 13.2. The molecule has 0 spiro atoms. The van der Waals surface area contributed by atoms with Gasteiger partial charge in [-0.1, -0.05) is 11.3 Å². The highest BCUT2D eigenvalue weighted by molar-refractivity contribution is 7.08. The number of carbonyl (C=O) groups excluding carboxylic acids is 1. The first-order valence-electron chi connectivity index (χ1n) is 6.56. The molecule has 0 fully saturated rings. The molecular weight excluding hydrogens is 355 g/mol. The minimum absolute atomic E-state index is 0.0443. The topological polar surface area (TPSA) is 103 Å². The molecule has 1 aromatic rings.